The van der Waals surface area contributed by atoms with E-state index in [0.29, 0.717) is 11.3 Å². The zero-order valence-corrected chi connectivity index (χ0v) is 19.1. The maximum atomic E-state index is 13.1. The number of halogens is 1. The van der Waals surface area contributed by atoms with E-state index in [4.69, 9.17) is 0 Å². The van der Waals surface area contributed by atoms with E-state index in [1.807, 2.05) is 32.0 Å². The average Bonchev–Trinajstić information content (AvgIpc) is 3.22. The number of amides is 3. The maximum Gasteiger partial charge on any atom is 0.253 e. The van der Waals surface area contributed by atoms with Crippen molar-refractivity contribution in [2.75, 3.05) is 16.8 Å². The van der Waals surface area contributed by atoms with Gasteiger partial charge < -0.3 is 15.5 Å². The maximum absolute atomic E-state index is 13.1. The Morgan fingerprint density at radius 2 is 1.74 bits per heavy atom. The van der Waals surface area contributed by atoms with Crippen LogP contribution in [0, 0.1) is 25.6 Å². The largest absolute Gasteiger partial charge is 0.348 e. The number of carbonyl (C=O) groups excluding carboxylic acids is 3. The standard InChI is InChI=1S/C27H26FN3O3/c1-17-7-12-22(13-18(17)2)31-16-20(14-25(31)32)26(33)30-24-6-4-3-5-23(24)27(34)29-15-19-8-10-21(28)11-9-19/h3-13,20H,14-16H2,1-2H3,(H,29,34)(H,30,33)/t20-/m0/s1. The van der Waals surface area contributed by atoms with Crippen molar-refractivity contribution in [2.45, 2.75) is 26.8 Å². The number of nitrogens with one attached hydrogen (secondary N) is 2. The fourth-order valence-electron chi connectivity index (χ4n) is 3.93. The normalized spacial score (nSPS) is 15.3. The van der Waals surface area contributed by atoms with Gasteiger partial charge in [0.1, 0.15) is 5.82 Å². The molecule has 0 radical (unpaired) electrons. The van der Waals surface area contributed by atoms with Crippen LogP contribution in [-0.4, -0.2) is 24.3 Å². The topological polar surface area (TPSA) is 78.5 Å². The molecule has 0 spiro atoms. The minimum absolute atomic E-state index is 0.103. The number of benzene rings is 3. The van der Waals surface area contributed by atoms with E-state index in [2.05, 4.69) is 10.6 Å². The molecule has 4 rings (SSSR count). The lowest BCUT2D eigenvalue weighted by atomic mass is 10.1. The Balaban J connectivity index is 1.42. The van der Waals surface area contributed by atoms with Gasteiger partial charge in [0.15, 0.2) is 0 Å². The summed E-state index contributed by atoms with van der Waals surface area (Å²) < 4.78 is 13.1. The average molecular weight is 460 g/mol. The van der Waals surface area contributed by atoms with Crippen molar-refractivity contribution in [3.05, 3.63) is 94.8 Å². The Bertz CT molecular complexity index is 1240. The molecule has 1 saturated heterocycles. The first-order valence-electron chi connectivity index (χ1n) is 11.1. The molecule has 3 aromatic rings. The molecule has 0 saturated carbocycles. The van der Waals surface area contributed by atoms with Crippen LogP contribution in [0.5, 0.6) is 0 Å². The summed E-state index contributed by atoms with van der Waals surface area (Å²) in [4.78, 5) is 40.0. The summed E-state index contributed by atoms with van der Waals surface area (Å²) >= 11 is 0. The molecule has 2 N–H and O–H groups in total. The number of anilines is 2. The Hall–Kier alpha value is -4.00. The van der Waals surface area contributed by atoms with Gasteiger partial charge in [0.05, 0.1) is 17.2 Å². The van der Waals surface area contributed by atoms with Gasteiger partial charge in [-0.1, -0.05) is 30.3 Å². The summed E-state index contributed by atoms with van der Waals surface area (Å²) in [5.74, 6) is -1.64. The molecule has 1 aliphatic rings. The first kappa shape index (κ1) is 23.2. The van der Waals surface area contributed by atoms with Crippen molar-refractivity contribution in [1.29, 1.82) is 0 Å². The van der Waals surface area contributed by atoms with Gasteiger partial charge in [-0.3, -0.25) is 14.4 Å². The number of nitrogens with zero attached hydrogens (tertiary/aromatic N) is 1. The summed E-state index contributed by atoms with van der Waals surface area (Å²) in [6, 6.07) is 18.4. The van der Waals surface area contributed by atoms with Crippen LogP contribution >= 0.6 is 0 Å². The second-order valence-electron chi connectivity index (χ2n) is 8.52. The number of carbonyl (C=O) groups is 3. The van der Waals surface area contributed by atoms with Crippen molar-refractivity contribution >= 4 is 29.1 Å². The Morgan fingerprint density at radius 3 is 2.47 bits per heavy atom. The lowest BCUT2D eigenvalue weighted by molar-refractivity contribution is -0.122. The Kier molecular flexibility index (Phi) is 6.72. The van der Waals surface area contributed by atoms with Gasteiger partial charge in [-0.25, -0.2) is 4.39 Å². The molecule has 174 valence electrons. The third-order valence-electron chi connectivity index (χ3n) is 6.09. The number of hydrogen-bond donors (Lipinski definition) is 2. The fourth-order valence-corrected chi connectivity index (χ4v) is 3.93. The molecule has 3 aromatic carbocycles. The van der Waals surface area contributed by atoms with E-state index < -0.39 is 5.92 Å². The highest BCUT2D eigenvalue weighted by Crippen LogP contribution is 2.28. The monoisotopic (exact) mass is 459 g/mol. The second-order valence-corrected chi connectivity index (χ2v) is 8.52. The molecule has 0 aliphatic carbocycles. The third kappa shape index (κ3) is 5.14. The van der Waals surface area contributed by atoms with Crippen LogP contribution in [-0.2, 0) is 16.1 Å². The van der Waals surface area contributed by atoms with Crippen LogP contribution in [0.2, 0.25) is 0 Å². The summed E-state index contributed by atoms with van der Waals surface area (Å²) in [6.45, 7) is 4.51. The lowest BCUT2D eigenvalue weighted by Gasteiger charge is -2.18. The summed E-state index contributed by atoms with van der Waals surface area (Å²) in [6.07, 6.45) is 0.109. The molecule has 1 heterocycles. The van der Waals surface area contributed by atoms with Gasteiger partial charge in [-0.05, 0) is 66.9 Å². The number of rotatable bonds is 6. The first-order valence-corrected chi connectivity index (χ1v) is 11.1. The molecule has 0 aromatic heterocycles. The molecule has 7 heteroatoms. The van der Waals surface area contributed by atoms with Gasteiger partial charge in [-0.15, -0.1) is 0 Å². The molecular formula is C27H26FN3O3. The van der Waals surface area contributed by atoms with Crippen LogP contribution in [0.1, 0.15) is 33.5 Å². The minimum Gasteiger partial charge on any atom is -0.348 e. The van der Waals surface area contributed by atoms with Crippen LogP contribution in [0.25, 0.3) is 0 Å². The number of aryl methyl sites for hydroxylation is 2. The van der Waals surface area contributed by atoms with Gasteiger partial charge in [0.2, 0.25) is 11.8 Å². The zero-order chi connectivity index (χ0) is 24.2. The van der Waals surface area contributed by atoms with E-state index in [-0.39, 0.29) is 43.0 Å². The van der Waals surface area contributed by atoms with Crippen molar-refractivity contribution < 1.29 is 18.8 Å². The summed E-state index contributed by atoms with van der Waals surface area (Å²) in [5, 5.41) is 5.61. The minimum atomic E-state index is -0.524. The smallest absolute Gasteiger partial charge is 0.253 e. The highest BCUT2D eigenvalue weighted by atomic mass is 19.1. The molecule has 1 atom stereocenters. The Morgan fingerprint density at radius 1 is 1.00 bits per heavy atom. The van der Waals surface area contributed by atoms with Crippen LogP contribution in [0.15, 0.2) is 66.7 Å². The predicted molar refractivity (Wildman–Crippen MR) is 129 cm³/mol. The number of para-hydroxylation sites is 1. The predicted octanol–water partition coefficient (Wildman–Crippen LogP) is 4.36. The molecule has 0 unspecified atom stereocenters. The van der Waals surface area contributed by atoms with Gasteiger partial charge >= 0.3 is 0 Å². The van der Waals surface area contributed by atoms with Crippen molar-refractivity contribution in [2.24, 2.45) is 5.92 Å². The zero-order valence-electron chi connectivity index (χ0n) is 19.1. The van der Waals surface area contributed by atoms with Gasteiger partial charge in [-0.2, -0.15) is 0 Å². The van der Waals surface area contributed by atoms with Gasteiger partial charge in [0, 0.05) is 25.2 Å². The quantitative estimate of drug-likeness (QED) is 0.575. The highest BCUT2D eigenvalue weighted by molar-refractivity contribution is 6.07. The molecule has 6 nitrogen and oxygen atoms in total. The second kappa shape index (κ2) is 9.87. The highest BCUT2D eigenvalue weighted by Gasteiger charge is 2.35. The molecule has 1 fully saturated rings. The summed E-state index contributed by atoms with van der Waals surface area (Å²) in [5.41, 5.74) is 4.45. The van der Waals surface area contributed by atoms with Crippen molar-refractivity contribution in [3.63, 3.8) is 0 Å². The van der Waals surface area contributed by atoms with Gasteiger partial charge in [0.25, 0.3) is 5.91 Å². The van der Waals surface area contributed by atoms with Crippen LogP contribution in [0.4, 0.5) is 15.8 Å². The molecular weight excluding hydrogens is 433 g/mol. The number of hydrogen-bond acceptors (Lipinski definition) is 3. The van der Waals surface area contributed by atoms with Crippen LogP contribution in [0.3, 0.4) is 0 Å². The van der Waals surface area contributed by atoms with E-state index >= 15 is 0 Å². The van der Waals surface area contributed by atoms with E-state index in [1.165, 1.54) is 12.1 Å². The van der Waals surface area contributed by atoms with Crippen LogP contribution < -0.4 is 15.5 Å². The van der Waals surface area contributed by atoms with E-state index in [9.17, 15) is 18.8 Å². The summed E-state index contributed by atoms with van der Waals surface area (Å²) in [7, 11) is 0. The SMILES string of the molecule is Cc1ccc(N2C[C@@H](C(=O)Nc3ccccc3C(=O)NCc3ccc(F)cc3)CC2=O)cc1C. The molecule has 3 amide bonds. The van der Waals surface area contributed by atoms with Crippen molar-refractivity contribution in [1.82, 2.24) is 5.32 Å². The fraction of sp³-hybridized carbons (Fsp3) is 0.222. The van der Waals surface area contributed by atoms with E-state index in [0.717, 1.165) is 22.4 Å². The molecule has 1 aliphatic heterocycles. The molecule has 34 heavy (non-hydrogen) atoms. The van der Waals surface area contributed by atoms with Crippen molar-refractivity contribution in [3.8, 4) is 0 Å². The third-order valence-corrected chi connectivity index (χ3v) is 6.09. The lowest BCUT2D eigenvalue weighted by Crippen LogP contribution is -2.29. The first-order chi connectivity index (χ1) is 16.3. The van der Waals surface area contributed by atoms with E-state index in [1.54, 1.807) is 41.3 Å². The Labute approximate surface area is 197 Å². The molecule has 0 bridgehead atoms.